The number of aromatic nitrogens is 1. The van der Waals surface area contributed by atoms with Crippen molar-refractivity contribution in [2.45, 2.75) is 31.7 Å². The molecule has 0 bridgehead atoms. The first-order chi connectivity index (χ1) is 9.78. The Labute approximate surface area is 118 Å². The van der Waals surface area contributed by atoms with Crippen LogP contribution in [-0.2, 0) is 4.79 Å². The minimum atomic E-state index is 0.221. The number of carbonyl (C=O) groups excluding carboxylic acids is 1. The molecule has 2 aliphatic rings. The van der Waals surface area contributed by atoms with Gasteiger partial charge in [-0.1, -0.05) is 0 Å². The highest BCUT2D eigenvalue weighted by atomic mass is 16.2. The number of hydrogen-bond donors (Lipinski definition) is 1. The Morgan fingerprint density at radius 3 is 2.75 bits per heavy atom. The molecule has 1 amide bonds. The number of anilines is 1. The molecular formula is C15H18N4O. The van der Waals surface area contributed by atoms with Gasteiger partial charge in [0.2, 0.25) is 5.91 Å². The Morgan fingerprint density at radius 1 is 1.35 bits per heavy atom. The molecular weight excluding hydrogens is 252 g/mol. The summed E-state index contributed by atoms with van der Waals surface area (Å²) in [5, 5.41) is 12.2. The summed E-state index contributed by atoms with van der Waals surface area (Å²) in [6.07, 6.45) is 5.64. The van der Waals surface area contributed by atoms with Crippen LogP contribution in [0.25, 0.3) is 0 Å². The van der Waals surface area contributed by atoms with Crippen molar-refractivity contribution in [3.05, 3.63) is 23.9 Å². The molecule has 104 valence electrons. The highest BCUT2D eigenvalue weighted by Gasteiger charge is 2.32. The molecule has 0 unspecified atom stereocenters. The van der Waals surface area contributed by atoms with Crippen LogP contribution in [0.5, 0.6) is 0 Å². The molecule has 2 heterocycles. The van der Waals surface area contributed by atoms with Crippen LogP contribution in [0.4, 0.5) is 5.82 Å². The number of pyridine rings is 1. The molecule has 5 nitrogen and oxygen atoms in total. The molecule has 1 aliphatic heterocycles. The van der Waals surface area contributed by atoms with Gasteiger partial charge in [0, 0.05) is 31.2 Å². The number of carbonyl (C=O) groups is 1. The zero-order valence-electron chi connectivity index (χ0n) is 11.4. The quantitative estimate of drug-likeness (QED) is 0.902. The third-order valence-electron chi connectivity index (χ3n) is 4.00. The Hall–Kier alpha value is -2.09. The van der Waals surface area contributed by atoms with Crippen molar-refractivity contribution < 1.29 is 4.79 Å². The van der Waals surface area contributed by atoms with E-state index in [-0.39, 0.29) is 17.9 Å². The Kier molecular flexibility index (Phi) is 3.55. The Bertz CT molecular complexity index is 539. The SMILES string of the molecule is N#Cc1cccnc1N1CCC(NC(=O)C2CC2)CC1. The van der Waals surface area contributed by atoms with E-state index in [0.29, 0.717) is 5.56 Å². The minimum absolute atomic E-state index is 0.221. The van der Waals surface area contributed by atoms with Gasteiger partial charge in [-0.15, -0.1) is 0 Å². The summed E-state index contributed by atoms with van der Waals surface area (Å²) in [5.41, 5.74) is 0.618. The molecule has 0 radical (unpaired) electrons. The van der Waals surface area contributed by atoms with Gasteiger partial charge < -0.3 is 10.2 Å². The third kappa shape index (κ3) is 2.74. The molecule has 1 aliphatic carbocycles. The van der Waals surface area contributed by atoms with Crippen molar-refractivity contribution in [2.75, 3.05) is 18.0 Å². The van der Waals surface area contributed by atoms with Crippen LogP contribution in [-0.4, -0.2) is 30.0 Å². The standard InChI is InChI=1S/C15H18N4O/c16-10-12-2-1-7-17-14(12)19-8-5-13(6-9-19)18-15(20)11-3-4-11/h1-2,7,11,13H,3-6,8-9H2,(H,18,20). The number of hydrogen-bond acceptors (Lipinski definition) is 4. The molecule has 3 rings (SSSR count). The summed E-state index contributed by atoms with van der Waals surface area (Å²) in [6, 6.07) is 6.03. The summed E-state index contributed by atoms with van der Waals surface area (Å²) in [4.78, 5) is 18.2. The lowest BCUT2D eigenvalue weighted by Crippen LogP contribution is -2.45. The monoisotopic (exact) mass is 270 g/mol. The molecule has 1 N–H and O–H groups in total. The van der Waals surface area contributed by atoms with Crippen molar-refractivity contribution in [3.8, 4) is 6.07 Å². The van der Waals surface area contributed by atoms with E-state index in [0.717, 1.165) is 44.6 Å². The van der Waals surface area contributed by atoms with Gasteiger partial charge in [0.15, 0.2) is 0 Å². The van der Waals surface area contributed by atoms with E-state index in [1.54, 1.807) is 18.3 Å². The number of rotatable bonds is 3. The van der Waals surface area contributed by atoms with E-state index in [4.69, 9.17) is 5.26 Å². The topological polar surface area (TPSA) is 69.0 Å². The van der Waals surface area contributed by atoms with Gasteiger partial charge >= 0.3 is 0 Å². The first-order valence-electron chi connectivity index (χ1n) is 7.18. The number of nitrogens with zero attached hydrogens (tertiary/aromatic N) is 3. The number of nitriles is 1. The number of nitrogens with one attached hydrogen (secondary N) is 1. The summed E-state index contributed by atoms with van der Waals surface area (Å²) in [7, 11) is 0. The molecule has 20 heavy (non-hydrogen) atoms. The van der Waals surface area contributed by atoms with Gasteiger partial charge in [-0.05, 0) is 37.8 Å². The Balaban J connectivity index is 1.58. The van der Waals surface area contributed by atoms with E-state index in [9.17, 15) is 4.79 Å². The summed E-state index contributed by atoms with van der Waals surface area (Å²) in [5.74, 6) is 1.26. The van der Waals surface area contributed by atoms with Gasteiger partial charge in [-0.3, -0.25) is 4.79 Å². The highest BCUT2D eigenvalue weighted by molar-refractivity contribution is 5.81. The van der Waals surface area contributed by atoms with Crippen molar-refractivity contribution in [2.24, 2.45) is 5.92 Å². The second-order valence-electron chi connectivity index (χ2n) is 5.53. The van der Waals surface area contributed by atoms with E-state index in [1.165, 1.54) is 0 Å². The lowest BCUT2D eigenvalue weighted by atomic mass is 10.0. The minimum Gasteiger partial charge on any atom is -0.355 e. The van der Waals surface area contributed by atoms with Crippen molar-refractivity contribution in [3.63, 3.8) is 0 Å². The second kappa shape index (κ2) is 5.49. The molecule has 1 saturated carbocycles. The molecule has 1 aromatic heterocycles. The number of amides is 1. The molecule has 2 fully saturated rings. The summed E-state index contributed by atoms with van der Waals surface area (Å²) >= 11 is 0. The lowest BCUT2D eigenvalue weighted by Gasteiger charge is -2.33. The van der Waals surface area contributed by atoms with Crippen LogP contribution in [0.15, 0.2) is 18.3 Å². The number of piperidine rings is 1. The van der Waals surface area contributed by atoms with Crippen molar-refractivity contribution >= 4 is 11.7 Å². The van der Waals surface area contributed by atoms with Gasteiger partial charge in [0.1, 0.15) is 11.9 Å². The maximum absolute atomic E-state index is 11.7. The first kappa shape index (κ1) is 12.9. The summed E-state index contributed by atoms with van der Waals surface area (Å²) in [6.45, 7) is 1.67. The van der Waals surface area contributed by atoms with E-state index in [2.05, 4.69) is 21.3 Å². The maximum atomic E-state index is 11.7. The lowest BCUT2D eigenvalue weighted by molar-refractivity contribution is -0.123. The molecule has 5 heteroatoms. The average Bonchev–Trinajstić information content (AvgIpc) is 3.33. The zero-order chi connectivity index (χ0) is 13.9. The van der Waals surface area contributed by atoms with Crippen molar-refractivity contribution in [1.82, 2.24) is 10.3 Å². The average molecular weight is 270 g/mol. The Morgan fingerprint density at radius 2 is 2.10 bits per heavy atom. The van der Waals surface area contributed by atoms with Gasteiger partial charge in [-0.2, -0.15) is 5.26 Å². The van der Waals surface area contributed by atoms with Gasteiger partial charge in [0.05, 0.1) is 5.56 Å². The predicted octanol–water partition coefficient (Wildman–Crippen LogP) is 1.45. The zero-order valence-corrected chi connectivity index (χ0v) is 11.4. The van der Waals surface area contributed by atoms with Crippen LogP contribution in [0.3, 0.4) is 0 Å². The predicted molar refractivity (Wildman–Crippen MR) is 75.1 cm³/mol. The fraction of sp³-hybridized carbons (Fsp3) is 0.533. The van der Waals surface area contributed by atoms with Crippen molar-refractivity contribution in [1.29, 1.82) is 5.26 Å². The fourth-order valence-corrected chi connectivity index (χ4v) is 2.64. The van der Waals surface area contributed by atoms with Crippen LogP contribution < -0.4 is 10.2 Å². The van der Waals surface area contributed by atoms with E-state index in [1.807, 2.05) is 0 Å². The highest BCUT2D eigenvalue weighted by Crippen LogP contribution is 2.29. The van der Waals surface area contributed by atoms with Crippen LogP contribution >= 0.6 is 0 Å². The molecule has 0 spiro atoms. The largest absolute Gasteiger partial charge is 0.355 e. The second-order valence-corrected chi connectivity index (χ2v) is 5.53. The first-order valence-corrected chi connectivity index (χ1v) is 7.18. The maximum Gasteiger partial charge on any atom is 0.223 e. The van der Waals surface area contributed by atoms with E-state index < -0.39 is 0 Å². The van der Waals surface area contributed by atoms with Crippen LogP contribution in [0.1, 0.15) is 31.2 Å². The summed E-state index contributed by atoms with van der Waals surface area (Å²) < 4.78 is 0. The normalized spacial score (nSPS) is 19.4. The van der Waals surface area contributed by atoms with Gasteiger partial charge in [-0.25, -0.2) is 4.98 Å². The molecule has 1 aromatic rings. The van der Waals surface area contributed by atoms with E-state index >= 15 is 0 Å². The fourth-order valence-electron chi connectivity index (χ4n) is 2.64. The smallest absolute Gasteiger partial charge is 0.223 e. The molecule has 0 aromatic carbocycles. The molecule has 1 saturated heterocycles. The van der Waals surface area contributed by atoms with Gasteiger partial charge in [0.25, 0.3) is 0 Å². The van der Waals surface area contributed by atoms with Crippen LogP contribution in [0, 0.1) is 17.2 Å². The molecule has 0 atom stereocenters. The third-order valence-corrected chi connectivity index (χ3v) is 4.00. The van der Waals surface area contributed by atoms with Crippen LogP contribution in [0.2, 0.25) is 0 Å².